The van der Waals surface area contributed by atoms with E-state index >= 15 is 0 Å². The van der Waals surface area contributed by atoms with Crippen LogP contribution in [0.3, 0.4) is 0 Å². The van der Waals surface area contributed by atoms with Crippen molar-refractivity contribution < 1.29 is 0 Å². The lowest BCUT2D eigenvalue weighted by Gasteiger charge is -1.99. The maximum Gasteiger partial charge on any atom is 0.138 e. The minimum atomic E-state index is 0.753. The monoisotopic (exact) mass is 354 g/mol. The van der Waals surface area contributed by atoms with Crippen LogP contribution in [-0.4, -0.2) is 9.97 Å². The van der Waals surface area contributed by atoms with Crippen molar-refractivity contribution >= 4 is 45.2 Å². The van der Waals surface area contributed by atoms with Crippen molar-refractivity contribution in [2.24, 2.45) is 0 Å². The van der Waals surface area contributed by atoms with Crippen molar-refractivity contribution in [2.75, 3.05) is 0 Å². The van der Waals surface area contributed by atoms with Crippen molar-refractivity contribution in [2.45, 2.75) is 0 Å². The van der Waals surface area contributed by atoms with Crippen LogP contribution in [0.2, 0.25) is 5.02 Å². The lowest BCUT2D eigenvalue weighted by molar-refractivity contribution is 1.33. The first kappa shape index (κ1) is 11.0. The van der Waals surface area contributed by atoms with Gasteiger partial charge in [0.2, 0.25) is 0 Å². The van der Waals surface area contributed by atoms with E-state index in [0.29, 0.717) is 0 Å². The summed E-state index contributed by atoms with van der Waals surface area (Å²) in [7, 11) is 0. The smallest absolute Gasteiger partial charge is 0.138 e. The van der Waals surface area contributed by atoms with Crippen LogP contribution < -0.4 is 0 Å². The van der Waals surface area contributed by atoms with Crippen LogP contribution in [0, 0.1) is 3.57 Å². The van der Waals surface area contributed by atoms with Gasteiger partial charge in [0.15, 0.2) is 0 Å². The van der Waals surface area contributed by atoms with Gasteiger partial charge in [0, 0.05) is 9.13 Å². The molecule has 0 fully saturated rings. The molecule has 0 aliphatic heterocycles. The average molecular weight is 355 g/mol. The Kier molecular flexibility index (Phi) is 2.80. The summed E-state index contributed by atoms with van der Waals surface area (Å²) in [4.78, 5) is 7.82. The molecular formula is C13H8ClIN2. The molecule has 1 N–H and O–H groups in total. The zero-order chi connectivity index (χ0) is 11.8. The number of imidazole rings is 1. The Morgan fingerprint density at radius 1 is 1.12 bits per heavy atom. The number of H-pyrrole nitrogens is 1. The number of halogens is 2. The Morgan fingerprint density at radius 2 is 1.94 bits per heavy atom. The van der Waals surface area contributed by atoms with Crippen molar-refractivity contribution in [3.63, 3.8) is 0 Å². The molecule has 0 aliphatic carbocycles. The fraction of sp³-hybridized carbons (Fsp3) is 0. The summed E-state index contributed by atoms with van der Waals surface area (Å²) in [5.41, 5.74) is 3.01. The van der Waals surface area contributed by atoms with Gasteiger partial charge in [-0.1, -0.05) is 29.8 Å². The van der Waals surface area contributed by atoms with Crippen LogP contribution in [-0.2, 0) is 0 Å². The Balaban J connectivity index is 2.17. The molecule has 0 amide bonds. The minimum Gasteiger partial charge on any atom is -0.338 e. The van der Waals surface area contributed by atoms with Gasteiger partial charge < -0.3 is 4.98 Å². The van der Waals surface area contributed by atoms with Crippen molar-refractivity contribution in [3.8, 4) is 11.4 Å². The van der Waals surface area contributed by atoms with E-state index in [1.54, 1.807) is 0 Å². The second kappa shape index (κ2) is 4.31. The fourth-order valence-corrected chi connectivity index (χ4v) is 2.25. The van der Waals surface area contributed by atoms with E-state index in [-0.39, 0.29) is 0 Å². The summed E-state index contributed by atoms with van der Waals surface area (Å²) in [5, 5.41) is 0.753. The molecule has 1 aromatic heterocycles. The van der Waals surface area contributed by atoms with Gasteiger partial charge in [0.1, 0.15) is 5.82 Å². The van der Waals surface area contributed by atoms with Crippen LogP contribution in [0.1, 0.15) is 0 Å². The SMILES string of the molecule is Clc1cc(-c2nc3ccccc3[nH]2)ccc1I. The van der Waals surface area contributed by atoms with Gasteiger partial charge in [0.05, 0.1) is 16.1 Å². The van der Waals surface area contributed by atoms with Crippen LogP contribution in [0.5, 0.6) is 0 Å². The highest BCUT2D eigenvalue weighted by atomic mass is 127. The number of nitrogens with one attached hydrogen (secondary N) is 1. The van der Waals surface area contributed by atoms with E-state index in [0.717, 1.165) is 31.0 Å². The molecule has 0 aliphatic rings. The Hall–Kier alpha value is -1.07. The number of rotatable bonds is 1. The van der Waals surface area contributed by atoms with Crippen LogP contribution in [0.15, 0.2) is 42.5 Å². The van der Waals surface area contributed by atoms with E-state index in [1.807, 2.05) is 42.5 Å². The quantitative estimate of drug-likeness (QED) is 0.641. The Labute approximate surface area is 117 Å². The Morgan fingerprint density at radius 3 is 2.71 bits per heavy atom. The molecule has 0 unspecified atom stereocenters. The predicted molar refractivity (Wildman–Crippen MR) is 79.3 cm³/mol. The first-order valence-corrected chi connectivity index (χ1v) is 6.60. The lowest BCUT2D eigenvalue weighted by Crippen LogP contribution is -1.82. The molecule has 3 rings (SSSR count). The van der Waals surface area contributed by atoms with Gasteiger partial charge in [0.25, 0.3) is 0 Å². The van der Waals surface area contributed by atoms with Crippen molar-refractivity contribution in [1.29, 1.82) is 0 Å². The number of benzene rings is 2. The third-order valence-corrected chi connectivity index (χ3v) is 4.15. The molecule has 0 saturated heterocycles. The number of para-hydroxylation sites is 2. The molecule has 0 spiro atoms. The molecule has 3 aromatic rings. The van der Waals surface area contributed by atoms with Crippen LogP contribution in [0.25, 0.3) is 22.4 Å². The zero-order valence-corrected chi connectivity index (χ0v) is 11.7. The second-order valence-electron chi connectivity index (χ2n) is 3.73. The predicted octanol–water partition coefficient (Wildman–Crippen LogP) is 4.49. The molecule has 2 aromatic carbocycles. The molecule has 2 nitrogen and oxygen atoms in total. The minimum absolute atomic E-state index is 0.753. The standard InChI is InChI=1S/C13H8ClIN2/c14-9-7-8(5-6-10(9)15)13-16-11-3-1-2-4-12(11)17-13/h1-7H,(H,16,17). The van der Waals surface area contributed by atoms with Gasteiger partial charge in [-0.15, -0.1) is 0 Å². The van der Waals surface area contributed by atoms with E-state index in [9.17, 15) is 0 Å². The van der Waals surface area contributed by atoms with E-state index in [2.05, 4.69) is 32.6 Å². The molecule has 84 valence electrons. The van der Waals surface area contributed by atoms with Crippen LogP contribution >= 0.6 is 34.2 Å². The zero-order valence-electron chi connectivity index (χ0n) is 8.74. The molecule has 0 atom stereocenters. The first-order chi connectivity index (χ1) is 8.24. The molecular weight excluding hydrogens is 347 g/mol. The van der Waals surface area contributed by atoms with Crippen molar-refractivity contribution in [1.82, 2.24) is 9.97 Å². The fourth-order valence-electron chi connectivity index (χ4n) is 1.73. The summed E-state index contributed by atoms with van der Waals surface area (Å²) in [5.74, 6) is 0.851. The molecule has 4 heteroatoms. The topological polar surface area (TPSA) is 28.7 Å². The summed E-state index contributed by atoms with van der Waals surface area (Å²) >= 11 is 8.33. The third-order valence-electron chi connectivity index (χ3n) is 2.58. The maximum atomic E-state index is 6.11. The number of aromatic amines is 1. The second-order valence-corrected chi connectivity index (χ2v) is 5.30. The number of nitrogens with zero attached hydrogens (tertiary/aromatic N) is 1. The summed E-state index contributed by atoms with van der Waals surface area (Å²) in [6.45, 7) is 0. The van der Waals surface area contributed by atoms with Crippen LogP contribution in [0.4, 0.5) is 0 Å². The molecule has 1 heterocycles. The van der Waals surface area contributed by atoms with E-state index in [1.165, 1.54) is 0 Å². The molecule has 0 saturated carbocycles. The van der Waals surface area contributed by atoms with Crippen molar-refractivity contribution in [3.05, 3.63) is 51.1 Å². The highest BCUT2D eigenvalue weighted by molar-refractivity contribution is 14.1. The van der Waals surface area contributed by atoms with Gasteiger partial charge in [-0.2, -0.15) is 0 Å². The lowest BCUT2D eigenvalue weighted by atomic mass is 10.2. The largest absolute Gasteiger partial charge is 0.338 e. The maximum absolute atomic E-state index is 6.11. The number of hydrogen-bond acceptors (Lipinski definition) is 1. The van der Waals surface area contributed by atoms with E-state index < -0.39 is 0 Å². The van der Waals surface area contributed by atoms with Gasteiger partial charge in [-0.25, -0.2) is 4.98 Å². The molecule has 0 radical (unpaired) electrons. The average Bonchev–Trinajstić information content (AvgIpc) is 2.76. The van der Waals surface area contributed by atoms with Gasteiger partial charge >= 0.3 is 0 Å². The summed E-state index contributed by atoms with van der Waals surface area (Å²) < 4.78 is 1.05. The molecule has 0 bridgehead atoms. The summed E-state index contributed by atoms with van der Waals surface area (Å²) in [6.07, 6.45) is 0. The van der Waals surface area contributed by atoms with E-state index in [4.69, 9.17) is 11.6 Å². The highest BCUT2D eigenvalue weighted by Gasteiger charge is 2.06. The molecule has 17 heavy (non-hydrogen) atoms. The van der Waals surface area contributed by atoms with Gasteiger partial charge in [-0.05, 0) is 46.9 Å². The number of hydrogen-bond donors (Lipinski definition) is 1. The third kappa shape index (κ3) is 2.05. The summed E-state index contributed by atoms with van der Waals surface area (Å²) in [6, 6.07) is 13.9. The Bertz CT molecular complexity index is 658. The van der Waals surface area contributed by atoms with Gasteiger partial charge in [-0.3, -0.25) is 0 Å². The first-order valence-electron chi connectivity index (χ1n) is 5.14. The number of fused-ring (bicyclic) bond motifs is 1. The number of aromatic nitrogens is 2. The normalized spacial score (nSPS) is 10.9. The highest BCUT2D eigenvalue weighted by Crippen LogP contribution is 2.26.